The Morgan fingerprint density at radius 1 is 1.00 bits per heavy atom. The molecule has 0 aliphatic heterocycles. The van der Waals surface area contributed by atoms with Crippen molar-refractivity contribution >= 4 is 11.8 Å². The van der Waals surface area contributed by atoms with Gasteiger partial charge in [0.25, 0.3) is 0 Å². The van der Waals surface area contributed by atoms with E-state index in [-0.39, 0.29) is 12.6 Å². The molecule has 0 bridgehead atoms. The highest BCUT2D eigenvalue weighted by Gasteiger charge is 2.31. The van der Waals surface area contributed by atoms with Crippen molar-refractivity contribution in [2.45, 2.75) is 38.2 Å². The second-order valence-electron chi connectivity index (χ2n) is 8.00. The summed E-state index contributed by atoms with van der Waals surface area (Å²) in [6.45, 7) is 0.536. The number of amides is 1. The first-order chi connectivity index (χ1) is 15.5. The molecule has 0 aromatic heterocycles. The summed E-state index contributed by atoms with van der Waals surface area (Å²) in [4.78, 5) is 14.4. The number of hydrogen-bond donors (Lipinski definition) is 2. The molecule has 166 valence electrons. The number of carbonyl (C=O) groups is 1. The topological polar surface area (TPSA) is 85.0 Å². The van der Waals surface area contributed by atoms with Gasteiger partial charge in [0.05, 0.1) is 11.8 Å². The Bertz CT molecular complexity index is 1060. The van der Waals surface area contributed by atoms with E-state index in [1.165, 1.54) is 4.90 Å². The van der Waals surface area contributed by atoms with E-state index in [0.29, 0.717) is 30.9 Å². The number of fused-ring (bicyclic) bond motifs is 1. The molecule has 0 saturated carbocycles. The van der Waals surface area contributed by atoms with Gasteiger partial charge >= 0.3 is 6.09 Å². The van der Waals surface area contributed by atoms with Crippen molar-refractivity contribution in [1.29, 1.82) is 0 Å². The van der Waals surface area contributed by atoms with Crippen molar-refractivity contribution in [2.24, 2.45) is 5.73 Å². The first-order valence-electron chi connectivity index (χ1n) is 10.7. The molecule has 3 aromatic rings. The maximum Gasteiger partial charge on any atom is 0.414 e. The highest BCUT2D eigenvalue weighted by molar-refractivity contribution is 5.91. The Labute approximate surface area is 188 Å². The Morgan fingerprint density at radius 2 is 1.62 bits per heavy atom. The van der Waals surface area contributed by atoms with E-state index in [4.69, 9.17) is 15.2 Å². The molecule has 1 aliphatic carbocycles. The van der Waals surface area contributed by atoms with Crippen LogP contribution in [0.1, 0.15) is 34.8 Å². The van der Waals surface area contributed by atoms with Gasteiger partial charge in [0, 0.05) is 13.1 Å². The van der Waals surface area contributed by atoms with Crippen molar-refractivity contribution in [3.8, 4) is 5.75 Å². The van der Waals surface area contributed by atoms with Crippen LogP contribution in [-0.4, -0.2) is 24.3 Å². The molecule has 1 aliphatic rings. The van der Waals surface area contributed by atoms with Crippen LogP contribution >= 0.6 is 0 Å². The summed E-state index contributed by atoms with van der Waals surface area (Å²) < 4.78 is 11.7. The second kappa shape index (κ2) is 9.85. The molecule has 1 amide bonds. The number of aliphatic hydroxyl groups excluding tert-OH is 1. The summed E-state index contributed by atoms with van der Waals surface area (Å²) in [5.74, 6) is 0.564. The van der Waals surface area contributed by atoms with E-state index in [2.05, 4.69) is 0 Å². The van der Waals surface area contributed by atoms with E-state index in [9.17, 15) is 9.90 Å². The molecule has 0 radical (unpaired) electrons. The van der Waals surface area contributed by atoms with Gasteiger partial charge in [-0.05, 0) is 41.2 Å². The fraction of sp³-hybridized carbons (Fsp3) is 0.269. The lowest BCUT2D eigenvalue weighted by Crippen LogP contribution is -2.35. The van der Waals surface area contributed by atoms with E-state index in [0.717, 1.165) is 22.3 Å². The van der Waals surface area contributed by atoms with Crippen molar-refractivity contribution < 1.29 is 19.4 Å². The molecular weight excluding hydrogens is 404 g/mol. The third-order valence-corrected chi connectivity index (χ3v) is 5.79. The average molecular weight is 433 g/mol. The molecule has 0 fully saturated rings. The van der Waals surface area contributed by atoms with Gasteiger partial charge in [-0.2, -0.15) is 0 Å². The standard InChI is InChI=1S/C26H28N2O4/c1-28(26(30)32-17-19-10-6-3-7-11-19)24-20-12-14-22(27)25(29)21(20)13-15-23(24)31-16-18-8-4-2-5-9-18/h2-11,13,15,22,25,29H,12,14,16-17,27H2,1H3/t22-,25-/m0/s1. The number of nitrogens with zero attached hydrogens (tertiary/aromatic N) is 1. The van der Waals surface area contributed by atoms with Crippen molar-refractivity contribution in [3.05, 3.63) is 95.1 Å². The number of benzene rings is 3. The molecule has 32 heavy (non-hydrogen) atoms. The summed E-state index contributed by atoms with van der Waals surface area (Å²) in [5.41, 5.74) is 10.2. The molecule has 0 heterocycles. The van der Waals surface area contributed by atoms with Gasteiger partial charge in [-0.25, -0.2) is 4.79 Å². The first kappa shape index (κ1) is 21.9. The quantitative estimate of drug-likeness (QED) is 0.605. The van der Waals surface area contributed by atoms with Crippen LogP contribution in [0, 0.1) is 0 Å². The molecule has 3 aromatic carbocycles. The van der Waals surface area contributed by atoms with Crippen LogP contribution in [0.3, 0.4) is 0 Å². The molecule has 0 unspecified atom stereocenters. The number of rotatable bonds is 6. The largest absolute Gasteiger partial charge is 0.487 e. The summed E-state index contributed by atoms with van der Waals surface area (Å²) >= 11 is 0. The highest BCUT2D eigenvalue weighted by atomic mass is 16.6. The molecule has 6 nitrogen and oxygen atoms in total. The van der Waals surface area contributed by atoms with Gasteiger partial charge in [-0.15, -0.1) is 0 Å². The molecule has 3 N–H and O–H groups in total. The molecule has 0 spiro atoms. The van der Waals surface area contributed by atoms with Gasteiger partial charge < -0.3 is 20.3 Å². The van der Waals surface area contributed by atoms with Crippen molar-refractivity contribution in [1.82, 2.24) is 0 Å². The van der Waals surface area contributed by atoms with Crippen molar-refractivity contribution in [2.75, 3.05) is 11.9 Å². The molecule has 4 rings (SSSR count). The summed E-state index contributed by atoms with van der Waals surface area (Å²) in [5, 5.41) is 10.6. The number of hydrogen-bond acceptors (Lipinski definition) is 5. The van der Waals surface area contributed by atoms with Crippen LogP contribution in [-0.2, 0) is 24.4 Å². The fourth-order valence-corrected chi connectivity index (χ4v) is 4.00. The lowest BCUT2D eigenvalue weighted by Gasteiger charge is -2.32. The maximum atomic E-state index is 12.9. The van der Waals surface area contributed by atoms with Crippen LogP contribution in [0.4, 0.5) is 10.5 Å². The Kier molecular flexibility index (Phi) is 6.73. The van der Waals surface area contributed by atoms with Gasteiger partial charge in [-0.3, -0.25) is 4.90 Å². The number of anilines is 1. The zero-order chi connectivity index (χ0) is 22.5. The maximum absolute atomic E-state index is 12.9. The third kappa shape index (κ3) is 4.77. The Hall–Kier alpha value is -3.35. The van der Waals surface area contributed by atoms with E-state index >= 15 is 0 Å². The molecule has 2 atom stereocenters. The zero-order valence-electron chi connectivity index (χ0n) is 18.1. The van der Waals surface area contributed by atoms with E-state index in [1.54, 1.807) is 13.1 Å². The minimum Gasteiger partial charge on any atom is -0.487 e. The molecule has 0 saturated heterocycles. The van der Waals surface area contributed by atoms with Crippen LogP contribution in [0.2, 0.25) is 0 Å². The predicted molar refractivity (Wildman–Crippen MR) is 124 cm³/mol. The van der Waals surface area contributed by atoms with Crippen LogP contribution in [0.5, 0.6) is 5.75 Å². The lowest BCUT2D eigenvalue weighted by molar-refractivity contribution is 0.133. The molecular formula is C26H28N2O4. The van der Waals surface area contributed by atoms with Crippen LogP contribution in [0.15, 0.2) is 72.8 Å². The summed E-state index contributed by atoms with van der Waals surface area (Å²) in [7, 11) is 1.67. The number of nitrogens with two attached hydrogens (primary N) is 1. The Balaban J connectivity index is 1.61. The molecule has 6 heteroatoms. The van der Waals surface area contributed by atoms with Crippen LogP contribution < -0.4 is 15.4 Å². The van der Waals surface area contributed by atoms with Gasteiger partial charge in [0.2, 0.25) is 0 Å². The second-order valence-corrected chi connectivity index (χ2v) is 8.00. The lowest BCUT2D eigenvalue weighted by atomic mass is 9.85. The first-order valence-corrected chi connectivity index (χ1v) is 10.7. The van der Waals surface area contributed by atoms with Gasteiger partial charge in [0.1, 0.15) is 19.0 Å². The smallest absolute Gasteiger partial charge is 0.414 e. The van der Waals surface area contributed by atoms with Crippen LogP contribution in [0.25, 0.3) is 0 Å². The minimum atomic E-state index is -0.783. The predicted octanol–water partition coefficient (Wildman–Crippen LogP) is 4.35. The normalized spacial score (nSPS) is 17.3. The van der Waals surface area contributed by atoms with E-state index < -0.39 is 12.2 Å². The Morgan fingerprint density at radius 3 is 2.28 bits per heavy atom. The van der Waals surface area contributed by atoms with E-state index in [1.807, 2.05) is 66.7 Å². The number of ether oxygens (including phenoxy) is 2. The van der Waals surface area contributed by atoms with Gasteiger partial charge in [0.15, 0.2) is 0 Å². The number of carbonyl (C=O) groups excluding carboxylic acids is 1. The summed E-state index contributed by atoms with van der Waals surface area (Å²) in [6.07, 6.45) is -0.0108. The fourth-order valence-electron chi connectivity index (χ4n) is 4.00. The summed E-state index contributed by atoms with van der Waals surface area (Å²) in [6, 6.07) is 22.7. The highest BCUT2D eigenvalue weighted by Crippen LogP contribution is 2.41. The third-order valence-electron chi connectivity index (χ3n) is 5.79. The monoisotopic (exact) mass is 432 g/mol. The average Bonchev–Trinajstić information content (AvgIpc) is 2.84. The number of aliphatic hydroxyl groups is 1. The van der Waals surface area contributed by atoms with Crippen molar-refractivity contribution in [3.63, 3.8) is 0 Å². The minimum absolute atomic E-state index is 0.173. The zero-order valence-corrected chi connectivity index (χ0v) is 18.1. The van der Waals surface area contributed by atoms with Gasteiger partial charge in [-0.1, -0.05) is 66.7 Å². The SMILES string of the molecule is CN(C(=O)OCc1ccccc1)c1c(OCc2ccccc2)ccc2c1CC[C@H](N)[C@H]2O.